The number of fused-ring (bicyclic) bond motifs is 1. The van der Waals surface area contributed by atoms with Crippen molar-refractivity contribution in [2.24, 2.45) is 0 Å². The monoisotopic (exact) mass is 356 g/mol. The highest BCUT2D eigenvalue weighted by Gasteiger charge is 2.17. The Morgan fingerprint density at radius 3 is 2.96 bits per heavy atom. The third kappa shape index (κ3) is 3.58. The van der Waals surface area contributed by atoms with Crippen LogP contribution in [0.15, 0.2) is 47.7 Å². The summed E-state index contributed by atoms with van der Waals surface area (Å²) in [6.07, 6.45) is 4.34. The SMILES string of the molecule is CCOC(=O)/C=C(\C)NC(=O)c1cnn2c(-c3cccs3)ccnc12. The minimum Gasteiger partial charge on any atom is -0.463 e. The minimum atomic E-state index is -0.502. The molecule has 1 amide bonds. The third-order valence-electron chi connectivity index (χ3n) is 3.35. The van der Waals surface area contributed by atoms with Gasteiger partial charge in [-0.05, 0) is 31.4 Å². The number of hydrogen-bond donors (Lipinski definition) is 1. The van der Waals surface area contributed by atoms with Gasteiger partial charge in [0.05, 0.1) is 23.4 Å². The zero-order valence-electron chi connectivity index (χ0n) is 13.7. The van der Waals surface area contributed by atoms with Gasteiger partial charge in [-0.15, -0.1) is 11.3 Å². The molecule has 0 bridgehead atoms. The smallest absolute Gasteiger partial charge is 0.332 e. The molecule has 8 heteroatoms. The van der Waals surface area contributed by atoms with Crippen molar-refractivity contribution in [1.82, 2.24) is 19.9 Å². The van der Waals surface area contributed by atoms with Crippen molar-refractivity contribution in [3.05, 3.63) is 53.3 Å². The van der Waals surface area contributed by atoms with Gasteiger partial charge in [-0.25, -0.2) is 14.3 Å². The highest BCUT2D eigenvalue weighted by atomic mass is 32.1. The molecule has 0 atom stereocenters. The molecule has 0 saturated carbocycles. The highest BCUT2D eigenvalue weighted by Crippen LogP contribution is 2.25. The number of aromatic nitrogens is 3. The second-order valence-electron chi connectivity index (χ2n) is 5.13. The van der Waals surface area contributed by atoms with Crippen LogP contribution >= 0.6 is 11.3 Å². The molecule has 0 aliphatic heterocycles. The summed E-state index contributed by atoms with van der Waals surface area (Å²) in [4.78, 5) is 29.2. The van der Waals surface area contributed by atoms with E-state index < -0.39 is 5.97 Å². The maximum absolute atomic E-state index is 12.5. The lowest BCUT2D eigenvalue weighted by Gasteiger charge is -2.05. The Labute approximate surface area is 148 Å². The Morgan fingerprint density at radius 2 is 2.24 bits per heavy atom. The van der Waals surface area contributed by atoms with E-state index in [9.17, 15) is 9.59 Å². The van der Waals surface area contributed by atoms with Crippen molar-refractivity contribution >= 4 is 28.9 Å². The van der Waals surface area contributed by atoms with E-state index in [-0.39, 0.29) is 12.5 Å². The number of amides is 1. The second-order valence-corrected chi connectivity index (χ2v) is 6.08. The number of rotatable bonds is 5. The van der Waals surface area contributed by atoms with E-state index in [2.05, 4.69) is 15.4 Å². The summed E-state index contributed by atoms with van der Waals surface area (Å²) in [7, 11) is 0. The molecule has 3 aromatic rings. The van der Waals surface area contributed by atoms with E-state index in [1.165, 1.54) is 12.3 Å². The van der Waals surface area contributed by atoms with Gasteiger partial charge in [-0.1, -0.05) is 6.07 Å². The molecule has 0 fully saturated rings. The zero-order valence-corrected chi connectivity index (χ0v) is 14.5. The maximum Gasteiger partial charge on any atom is 0.332 e. The first-order chi connectivity index (χ1) is 12.1. The van der Waals surface area contributed by atoms with E-state index in [4.69, 9.17) is 4.74 Å². The van der Waals surface area contributed by atoms with Gasteiger partial charge in [0.25, 0.3) is 5.91 Å². The molecule has 3 aromatic heterocycles. The molecule has 3 heterocycles. The van der Waals surface area contributed by atoms with Crippen LogP contribution in [0.25, 0.3) is 16.2 Å². The number of thiophene rings is 1. The zero-order chi connectivity index (χ0) is 17.8. The molecule has 25 heavy (non-hydrogen) atoms. The number of hydrogen-bond acceptors (Lipinski definition) is 6. The van der Waals surface area contributed by atoms with Crippen molar-refractivity contribution in [2.75, 3.05) is 6.61 Å². The fraction of sp³-hybridized carbons (Fsp3) is 0.176. The summed E-state index contributed by atoms with van der Waals surface area (Å²) in [5.41, 5.74) is 2.03. The van der Waals surface area contributed by atoms with E-state index in [0.29, 0.717) is 16.9 Å². The van der Waals surface area contributed by atoms with Crippen LogP contribution in [0, 0.1) is 0 Å². The highest BCUT2D eigenvalue weighted by molar-refractivity contribution is 7.13. The summed E-state index contributed by atoms with van der Waals surface area (Å²) in [6, 6.07) is 5.78. The van der Waals surface area contributed by atoms with Gasteiger partial charge in [-0.3, -0.25) is 4.79 Å². The van der Waals surface area contributed by atoms with Crippen molar-refractivity contribution in [3.63, 3.8) is 0 Å². The van der Waals surface area contributed by atoms with E-state index >= 15 is 0 Å². The Bertz CT molecular complexity index is 944. The molecule has 0 spiro atoms. The Hall–Kier alpha value is -3.00. The van der Waals surface area contributed by atoms with Crippen LogP contribution in [-0.4, -0.2) is 33.1 Å². The molecule has 0 radical (unpaired) electrons. The van der Waals surface area contributed by atoms with Crippen molar-refractivity contribution in [2.45, 2.75) is 13.8 Å². The third-order valence-corrected chi connectivity index (χ3v) is 4.24. The van der Waals surface area contributed by atoms with E-state index in [1.807, 2.05) is 23.6 Å². The minimum absolute atomic E-state index is 0.278. The van der Waals surface area contributed by atoms with Crippen LogP contribution in [0.4, 0.5) is 0 Å². The number of nitrogens with zero attached hydrogens (tertiary/aromatic N) is 3. The van der Waals surface area contributed by atoms with Crippen LogP contribution in [0.3, 0.4) is 0 Å². The molecule has 0 aliphatic rings. The maximum atomic E-state index is 12.5. The van der Waals surface area contributed by atoms with Gasteiger partial charge in [0, 0.05) is 18.0 Å². The van der Waals surface area contributed by atoms with E-state index in [1.54, 1.807) is 35.9 Å². The lowest BCUT2D eigenvalue weighted by molar-refractivity contribution is -0.137. The van der Waals surface area contributed by atoms with Crippen LogP contribution in [0.5, 0.6) is 0 Å². The molecular weight excluding hydrogens is 340 g/mol. The molecule has 0 aliphatic carbocycles. The molecule has 0 unspecified atom stereocenters. The number of carbonyl (C=O) groups is 2. The second kappa shape index (κ2) is 7.27. The van der Waals surface area contributed by atoms with Crippen LogP contribution in [0.2, 0.25) is 0 Å². The first-order valence-corrected chi connectivity index (χ1v) is 8.51. The van der Waals surface area contributed by atoms with Gasteiger partial charge in [0.15, 0.2) is 5.65 Å². The van der Waals surface area contributed by atoms with Crippen molar-refractivity contribution in [1.29, 1.82) is 0 Å². The fourth-order valence-corrected chi connectivity index (χ4v) is 3.04. The average molecular weight is 356 g/mol. The molecule has 0 aromatic carbocycles. The van der Waals surface area contributed by atoms with Gasteiger partial charge < -0.3 is 10.1 Å². The van der Waals surface area contributed by atoms with Crippen LogP contribution in [-0.2, 0) is 9.53 Å². The van der Waals surface area contributed by atoms with Gasteiger partial charge >= 0.3 is 5.97 Å². The molecule has 128 valence electrons. The van der Waals surface area contributed by atoms with Crippen LogP contribution < -0.4 is 5.32 Å². The quantitative estimate of drug-likeness (QED) is 0.561. The van der Waals surface area contributed by atoms with Crippen molar-refractivity contribution in [3.8, 4) is 10.6 Å². The van der Waals surface area contributed by atoms with Crippen LogP contribution in [0.1, 0.15) is 24.2 Å². The summed E-state index contributed by atoms with van der Waals surface area (Å²) < 4.78 is 6.45. The fourth-order valence-electron chi connectivity index (χ4n) is 2.31. The number of carbonyl (C=O) groups excluding carboxylic acids is 2. The molecule has 3 rings (SSSR count). The Kier molecular flexibility index (Phi) is 4.90. The summed E-state index contributed by atoms with van der Waals surface area (Å²) >= 11 is 1.58. The molecule has 0 saturated heterocycles. The van der Waals surface area contributed by atoms with Gasteiger partial charge in [0.2, 0.25) is 0 Å². The first kappa shape index (κ1) is 16.8. The summed E-state index contributed by atoms with van der Waals surface area (Å²) in [6.45, 7) is 3.61. The Morgan fingerprint density at radius 1 is 1.40 bits per heavy atom. The van der Waals surface area contributed by atoms with Gasteiger partial charge in [-0.2, -0.15) is 5.10 Å². The lowest BCUT2D eigenvalue weighted by Crippen LogP contribution is -2.22. The number of ether oxygens (including phenoxy) is 1. The average Bonchev–Trinajstić information content (AvgIpc) is 3.24. The number of nitrogens with one attached hydrogen (secondary N) is 1. The predicted molar refractivity (Wildman–Crippen MR) is 94.2 cm³/mol. The molecular formula is C17H16N4O3S. The molecule has 7 nitrogen and oxygen atoms in total. The molecule has 1 N–H and O–H groups in total. The largest absolute Gasteiger partial charge is 0.463 e. The lowest BCUT2D eigenvalue weighted by atomic mass is 10.3. The normalized spacial score (nSPS) is 11.5. The van der Waals surface area contributed by atoms with E-state index in [0.717, 1.165) is 10.6 Å². The Balaban J connectivity index is 1.88. The number of allylic oxidation sites excluding steroid dienone is 1. The topological polar surface area (TPSA) is 85.6 Å². The standard InChI is InChI=1S/C17H16N4O3S/c1-3-24-15(22)9-11(2)20-17(23)12-10-19-21-13(6-7-18-16(12)21)14-5-4-8-25-14/h4-10H,3H2,1-2H3,(H,20,23)/b11-9+. The number of esters is 1. The van der Waals surface area contributed by atoms with Crippen molar-refractivity contribution < 1.29 is 14.3 Å². The summed E-state index contributed by atoms with van der Waals surface area (Å²) in [5.74, 6) is -0.887. The predicted octanol–water partition coefficient (Wildman–Crippen LogP) is 2.65. The summed E-state index contributed by atoms with van der Waals surface area (Å²) in [5, 5.41) is 8.91. The first-order valence-electron chi connectivity index (χ1n) is 7.63. The van der Waals surface area contributed by atoms with Gasteiger partial charge in [0.1, 0.15) is 5.56 Å².